The topological polar surface area (TPSA) is 74.8 Å². The molecule has 0 saturated carbocycles. The molecule has 0 saturated heterocycles. The Labute approximate surface area is 338 Å². The highest BCUT2D eigenvalue weighted by molar-refractivity contribution is 6.36. The number of imide groups is 2. The van der Waals surface area contributed by atoms with Crippen LogP contribution in [0.3, 0.4) is 0 Å². The summed E-state index contributed by atoms with van der Waals surface area (Å²) in [5, 5.41) is 0. The lowest BCUT2D eigenvalue weighted by Gasteiger charge is -2.20. The van der Waals surface area contributed by atoms with Crippen LogP contribution in [0.25, 0.3) is 44.5 Å². The minimum atomic E-state index is -0.319. The van der Waals surface area contributed by atoms with E-state index in [2.05, 4.69) is 24.3 Å². The van der Waals surface area contributed by atoms with Crippen LogP contribution in [0.15, 0.2) is 133 Å². The molecule has 2 aliphatic heterocycles. The van der Waals surface area contributed by atoms with Gasteiger partial charge in [-0.1, -0.05) is 96.1 Å². The van der Waals surface area contributed by atoms with Crippen LogP contribution in [0, 0.1) is 41.5 Å². The smallest absolute Gasteiger partial charge is 0.266 e. The van der Waals surface area contributed by atoms with Crippen LogP contribution >= 0.6 is 0 Å². The van der Waals surface area contributed by atoms with Gasteiger partial charge in [0.25, 0.3) is 23.6 Å². The third kappa shape index (κ3) is 5.96. The number of aryl methyl sites for hydroxylation is 6. The lowest BCUT2D eigenvalue weighted by atomic mass is 9.93. The fourth-order valence-electron chi connectivity index (χ4n) is 8.31. The molecule has 282 valence electrons. The van der Waals surface area contributed by atoms with Crippen LogP contribution in [0.2, 0.25) is 0 Å². The van der Waals surface area contributed by atoms with Gasteiger partial charge in [0.1, 0.15) is 0 Å². The molecule has 0 aromatic heterocycles. The maximum absolute atomic E-state index is 13.8. The molecular formula is C52H40N2O4. The Morgan fingerprint density at radius 3 is 0.948 bits per heavy atom. The van der Waals surface area contributed by atoms with Gasteiger partial charge in [0, 0.05) is 0 Å². The molecule has 0 N–H and O–H groups in total. The molecule has 58 heavy (non-hydrogen) atoms. The van der Waals surface area contributed by atoms with E-state index in [1.165, 1.54) is 9.80 Å². The predicted molar refractivity (Wildman–Crippen MR) is 232 cm³/mol. The minimum Gasteiger partial charge on any atom is -0.268 e. The summed E-state index contributed by atoms with van der Waals surface area (Å²) in [6.45, 7) is 11.9. The summed E-state index contributed by atoms with van der Waals surface area (Å²) in [7, 11) is 0. The largest absolute Gasteiger partial charge is 0.268 e. The maximum Gasteiger partial charge on any atom is 0.266 e. The number of rotatable bonds is 6. The second-order valence-corrected chi connectivity index (χ2v) is 15.6. The lowest BCUT2D eigenvalue weighted by molar-refractivity contribution is 0.0910. The van der Waals surface area contributed by atoms with E-state index >= 15 is 0 Å². The van der Waals surface area contributed by atoms with E-state index in [0.29, 0.717) is 33.6 Å². The second-order valence-electron chi connectivity index (χ2n) is 15.6. The molecule has 7 aromatic rings. The lowest BCUT2D eigenvalue weighted by Crippen LogP contribution is -2.30. The molecule has 0 unspecified atom stereocenters. The molecule has 2 aliphatic rings. The quantitative estimate of drug-likeness (QED) is 0.158. The summed E-state index contributed by atoms with van der Waals surface area (Å²) in [4.78, 5) is 57.5. The number of anilines is 2. The first-order valence-electron chi connectivity index (χ1n) is 19.4. The van der Waals surface area contributed by atoms with Gasteiger partial charge < -0.3 is 0 Å². The van der Waals surface area contributed by atoms with Crippen molar-refractivity contribution in [1.82, 2.24) is 0 Å². The molecule has 4 amide bonds. The van der Waals surface area contributed by atoms with E-state index in [0.717, 1.165) is 77.9 Å². The third-order valence-corrected chi connectivity index (χ3v) is 11.6. The average Bonchev–Trinajstić information content (AvgIpc) is 3.62. The van der Waals surface area contributed by atoms with Crippen LogP contribution in [-0.4, -0.2) is 23.6 Å². The van der Waals surface area contributed by atoms with E-state index < -0.39 is 0 Å². The van der Waals surface area contributed by atoms with Gasteiger partial charge in [0.05, 0.1) is 33.6 Å². The van der Waals surface area contributed by atoms with Crippen molar-refractivity contribution in [2.75, 3.05) is 9.80 Å². The Hall–Kier alpha value is -7.18. The number of benzene rings is 7. The van der Waals surface area contributed by atoms with E-state index in [-0.39, 0.29) is 23.6 Å². The Kier molecular flexibility index (Phi) is 8.66. The number of carbonyl (C=O) groups excluding carboxylic acids is 4. The first-order valence-corrected chi connectivity index (χ1v) is 19.4. The molecule has 7 aromatic carbocycles. The van der Waals surface area contributed by atoms with Gasteiger partial charge in [-0.25, -0.2) is 9.80 Å². The van der Waals surface area contributed by atoms with Gasteiger partial charge in [0.15, 0.2) is 0 Å². The van der Waals surface area contributed by atoms with Crippen molar-refractivity contribution >= 4 is 35.0 Å². The van der Waals surface area contributed by atoms with Crippen molar-refractivity contribution in [3.63, 3.8) is 0 Å². The van der Waals surface area contributed by atoms with Gasteiger partial charge in [-0.15, -0.1) is 0 Å². The Morgan fingerprint density at radius 1 is 0.276 bits per heavy atom. The van der Waals surface area contributed by atoms with Crippen molar-refractivity contribution in [1.29, 1.82) is 0 Å². The molecule has 9 rings (SSSR count). The number of nitrogens with zero attached hydrogens (tertiary/aromatic N) is 2. The standard InChI is InChI=1S/C52H40N2O4/c1-29-7-11-35(12-8-29)39-19-21-41-45(27-39)51(57)53(49(41)55)47-25-31(3)43(23-33(47)5)37-15-17-38(18-16-37)44-24-34(6)48(26-32(44)4)54-50(56)42-22-20-40(28-46(42)52(54)58)36-13-9-30(2)10-14-36/h7-28H,1-6H3. The normalized spacial score (nSPS) is 13.4. The predicted octanol–water partition coefficient (Wildman–Crippen LogP) is 11.8. The van der Waals surface area contributed by atoms with Crippen LogP contribution in [0.1, 0.15) is 74.8 Å². The molecule has 0 fully saturated rings. The average molecular weight is 757 g/mol. The number of fused-ring (bicyclic) bond motifs is 2. The zero-order valence-corrected chi connectivity index (χ0v) is 33.2. The summed E-state index contributed by atoms with van der Waals surface area (Å²) >= 11 is 0. The monoisotopic (exact) mass is 756 g/mol. The third-order valence-electron chi connectivity index (χ3n) is 11.6. The SMILES string of the molecule is Cc1ccc(-c2ccc3c(c2)C(=O)N(c2cc(C)c(-c4ccc(-c5cc(C)c(N6C(=O)c7ccc(-c8ccc(C)cc8)cc7C6=O)cc5C)cc4)cc2C)C3=O)cc1. The fourth-order valence-corrected chi connectivity index (χ4v) is 8.31. The number of amides is 4. The first kappa shape index (κ1) is 36.5. The van der Waals surface area contributed by atoms with Crippen molar-refractivity contribution in [2.24, 2.45) is 0 Å². The maximum atomic E-state index is 13.8. The summed E-state index contributed by atoms with van der Waals surface area (Å²) in [5.41, 5.74) is 16.4. The van der Waals surface area contributed by atoms with Crippen LogP contribution in [-0.2, 0) is 0 Å². The molecule has 0 aliphatic carbocycles. The van der Waals surface area contributed by atoms with Crippen LogP contribution in [0.4, 0.5) is 11.4 Å². The van der Waals surface area contributed by atoms with Crippen LogP contribution in [0.5, 0.6) is 0 Å². The number of hydrogen-bond donors (Lipinski definition) is 0. The van der Waals surface area contributed by atoms with Gasteiger partial charge in [-0.2, -0.15) is 0 Å². The molecule has 0 radical (unpaired) electrons. The van der Waals surface area contributed by atoms with E-state index in [4.69, 9.17) is 0 Å². The van der Waals surface area contributed by atoms with Gasteiger partial charge in [-0.05, 0) is 157 Å². The number of hydrogen-bond acceptors (Lipinski definition) is 4. The summed E-state index contributed by atoms with van der Waals surface area (Å²) in [6, 6.07) is 43.4. The van der Waals surface area contributed by atoms with E-state index in [1.807, 2.05) is 139 Å². The first-order chi connectivity index (χ1) is 27.9. The zero-order valence-electron chi connectivity index (χ0n) is 33.2. The van der Waals surface area contributed by atoms with Crippen LogP contribution < -0.4 is 9.80 Å². The van der Waals surface area contributed by atoms with E-state index in [9.17, 15) is 19.2 Å². The van der Waals surface area contributed by atoms with Gasteiger partial charge >= 0.3 is 0 Å². The molecule has 0 bridgehead atoms. The summed E-state index contributed by atoms with van der Waals surface area (Å²) in [5.74, 6) is -1.27. The Morgan fingerprint density at radius 2 is 0.586 bits per heavy atom. The molecular weight excluding hydrogens is 717 g/mol. The zero-order chi connectivity index (χ0) is 40.6. The van der Waals surface area contributed by atoms with E-state index in [1.54, 1.807) is 12.1 Å². The highest BCUT2D eigenvalue weighted by Gasteiger charge is 2.39. The Balaban J connectivity index is 0.959. The van der Waals surface area contributed by atoms with Crippen molar-refractivity contribution in [3.8, 4) is 44.5 Å². The van der Waals surface area contributed by atoms with Crippen molar-refractivity contribution < 1.29 is 19.2 Å². The molecule has 6 nitrogen and oxygen atoms in total. The van der Waals surface area contributed by atoms with Gasteiger partial charge in [0.2, 0.25) is 0 Å². The molecule has 0 atom stereocenters. The molecule has 6 heteroatoms. The molecule has 2 heterocycles. The van der Waals surface area contributed by atoms with Crippen molar-refractivity contribution in [2.45, 2.75) is 41.5 Å². The summed E-state index contributed by atoms with van der Waals surface area (Å²) < 4.78 is 0. The van der Waals surface area contributed by atoms with Crippen molar-refractivity contribution in [3.05, 3.63) is 189 Å². The highest BCUT2D eigenvalue weighted by atomic mass is 16.2. The summed E-state index contributed by atoms with van der Waals surface area (Å²) in [6.07, 6.45) is 0. The Bertz CT molecular complexity index is 2700. The molecule has 0 spiro atoms. The minimum absolute atomic E-state index is 0.318. The fraction of sp³-hybridized carbons (Fsp3) is 0.115. The highest BCUT2D eigenvalue weighted by Crippen LogP contribution is 2.39. The second kappa shape index (κ2) is 13.8. The number of carbonyl (C=O) groups is 4. The van der Waals surface area contributed by atoms with Gasteiger partial charge in [-0.3, -0.25) is 19.2 Å².